The van der Waals surface area contributed by atoms with E-state index in [1.807, 2.05) is 0 Å². The van der Waals surface area contributed by atoms with E-state index in [1.165, 1.54) is 19.3 Å². The van der Waals surface area contributed by atoms with Gasteiger partial charge in [-0.2, -0.15) is 4.98 Å². The second-order valence-electron chi connectivity index (χ2n) is 4.87. The molecule has 2 amide bonds. The first-order valence-electron chi connectivity index (χ1n) is 6.46. The van der Waals surface area contributed by atoms with Gasteiger partial charge in [0.15, 0.2) is 5.82 Å². The quantitative estimate of drug-likeness (QED) is 0.891. The van der Waals surface area contributed by atoms with Crippen LogP contribution in [0.1, 0.15) is 43.8 Å². The maximum absolute atomic E-state index is 12.0. The first-order chi connectivity index (χ1) is 8.65. The number of urea groups is 1. The van der Waals surface area contributed by atoms with Gasteiger partial charge in [-0.25, -0.2) is 4.79 Å². The molecule has 1 aromatic rings. The number of amides is 2. The van der Waals surface area contributed by atoms with Gasteiger partial charge in [-0.15, -0.1) is 0 Å². The third kappa shape index (κ3) is 3.45. The monoisotopic (exact) mass is 252 g/mol. The Kier molecular flexibility index (Phi) is 4.17. The van der Waals surface area contributed by atoms with Crippen molar-refractivity contribution >= 4 is 6.03 Å². The van der Waals surface area contributed by atoms with Gasteiger partial charge in [-0.1, -0.05) is 24.4 Å². The normalized spacial score (nSPS) is 16.6. The van der Waals surface area contributed by atoms with Crippen LogP contribution < -0.4 is 5.32 Å². The molecule has 1 fully saturated rings. The average molecular weight is 252 g/mol. The van der Waals surface area contributed by atoms with Gasteiger partial charge >= 0.3 is 6.03 Å². The Balaban J connectivity index is 1.80. The van der Waals surface area contributed by atoms with Crippen molar-refractivity contribution in [1.82, 2.24) is 20.4 Å². The molecule has 0 radical (unpaired) electrons. The summed E-state index contributed by atoms with van der Waals surface area (Å²) in [4.78, 5) is 17.6. The van der Waals surface area contributed by atoms with Crippen molar-refractivity contribution in [3.8, 4) is 0 Å². The maximum atomic E-state index is 12.0. The van der Waals surface area contributed by atoms with Gasteiger partial charge < -0.3 is 14.7 Å². The van der Waals surface area contributed by atoms with Gasteiger partial charge in [0.1, 0.15) is 0 Å². The molecular weight excluding hydrogens is 232 g/mol. The highest BCUT2D eigenvalue weighted by atomic mass is 16.5. The first kappa shape index (κ1) is 12.9. The van der Waals surface area contributed by atoms with Gasteiger partial charge in [0, 0.05) is 20.0 Å². The summed E-state index contributed by atoms with van der Waals surface area (Å²) in [6, 6.07) is 0.255. The standard InChI is InChI=1S/C12H20N4O2/c1-9-13-11(15-18-9)8-16(2)12(17)14-10-6-4-3-5-7-10/h10H,3-8H2,1-2H3,(H,14,17). The topological polar surface area (TPSA) is 71.3 Å². The summed E-state index contributed by atoms with van der Waals surface area (Å²) in [5.74, 6) is 1.06. The van der Waals surface area contributed by atoms with E-state index in [1.54, 1.807) is 18.9 Å². The van der Waals surface area contributed by atoms with E-state index in [2.05, 4.69) is 15.5 Å². The van der Waals surface area contributed by atoms with Crippen LogP contribution in [-0.2, 0) is 6.54 Å². The lowest BCUT2D eigenvalue weighted by atomic mass is 9.96. The Morgan fingerprint density at radius 2 is 2.17 bits per heavy atom. The van der Waals surface area contributed by atoms with Crippen molar-refractivity contribution in [2.45, 2.75) is 51.6 Å². The summed E-state index contributed by atoms with van der Waals surface area (Å²) in [6.45, 7) is 2.11. The number of nitrogens with zero attached hydrogens (tertiary/aromatic N) is 3. The Bertz CT molecular complexity index is 399. The Hall–Kier alpha value is -1.59. The number of hydrogen-bond donors (Lipinski definition) is 1. The predicted octanol–water partition coefficient (Wildman–Crippen LogP) is 1.85. The van der Waals surface area contributed by atoms with E-state index in [0.717, 1.165) is 12.8 Å². The number of aromatic nitrogens is 2. The van der Waals surface area contributed by atoms with Crippen molar-refractivity contribution in [3.63, 3.8) is 0 Å². The first-order valence-corrected chi connectivity index (χ1v) is 6.46. The van der Waals surface area contributed by atoms with Gasteiger partial charge in [-0.05, 0) is 12.8 Å². The van der Waals surface area contributed by atoms with Gasteiger partial charge in [0.05, 0.1) is 6.54 Å². The number of rotatable bonds is 3. The molecule has 1 aromatic heterocycles. The molecule has 0 bridgehead atoms. The fourth-order valence-electron chi connectivity index (χ4n) is 2.22. The number of nitrogens with one attached hydrogen (secondary N) is 1. The highest BCUT2D eigenvalue weighted by Crippen LogP contribution is 2.17. The lowest BCUT2D eigenvalue weighted by molar-refractivity contribution is 0.197. The third-order valence-corrected chi connectivity index (χ3v) is 3.23. The van der Waals surface area contributed by atoms with Crippen LogP contribution in [0.4, 0.5) is 4.79 Å². The molecule has 100 valence electrons. The molecule has 0 aromatic carbocycles. The molecule has 2 rings (SSSR count). The molecule has 0 saturated heterocycles. The highest BCUT2D eigenvalue weighted by Gasteiger charge is 2.18. The lowest BCUT2D eigenvalue weighted by Crippen LogP contribution is -2.43. The smallest absolute Gasteiger partial charge is 0.317 e. The van der Waals surface area contributed by atoms with E-state index >= 15 is 0 Å². The zero-order valence-corrected chi connectivity index (χ0v) is 11.0. The third-order valence-electron chi connectivity index (χ3n) is 3.23. The molecular formula is C12H20N4O2. The lowest BCUT2D eigenvalue weighted by Gasteiger charge is -2.25. The van der Waals surface area contributed by atoms with Crippen LogP contribution in [0.15, 0.2) is 4.52 Å². The van der Waals surface area contributed by atoms with Crippen LogP contribution >= 0.6 is 0 Å². The van der Waals surface area contributed by atoms with E-state index in [0.29, 0.717) is 24.3 Å². The van der Waals surface area contributed by atoms with E-state index in [9.17, 15) is 4.79 Å². The van der Waals surface area contributed by atoms with E-state index in [4.69, 9.17) is 4.52 Å². The largest absolute Gasteiger partial charge is 0.340 e. The average Bonchev–Trinajstić information content (AvgIpc) is 2.76. The number of hydrogen-bond acceptors (Lipinski definition) is 4. The van der Waals surface area contributed by atoms with Crippen molar-refractivity contribution in [2.75, 3.05) is 7.05 Å². The summed E-state index contributed by atoms with van der Waals surface area (Å²) in [6.07, 6.45) is 5.86. The number of carbonyl (C=O) groups excluding carboxylic acids is 1. The second-order valence-corrected chi connectivity index (χ2v) is 4.87. The fourth-order valence-corrected chi connectivity index (χ4v) is 2.22. The minimum Gasteiger partial charge on any atom is -0.340 e. The molecule has 1 aliphatic rings. The Morgan fingerprint density at radius 3 is 2.78 bits per heavy atom. The van der Waals surface area contributed by atoms with Crippen LogP contribution in [0.5, 0.6) is 0 Å². The van der Waals surface area contributed by atoms with Gasteiger partial charge in [0.25, 0.3) is 0 Å². The van der Waals surface area contributed by atoms with E-state index < -0.39 is 0 Å². The molecule has 1 saturated carbocycles. The molecule has 1 heterocycles. The highest BCUT2D eigenvalue weighted by molar-refractivity contribution is 5.74. The SMILES string of the molecule is Cc1nc(CN(C)C(=O)NC2CCCCC2)no1. The molecule has 0 aliphatic heterocycles. The predicted molar refractivity (Wildman–Crippen MR) is 65.9 cm³/mol. The molecule has 18 heavy (non-hydrogen) atoms. The number of carbonyl (C=O) groups is 1. The minimum absolute atomic E-state index is 0.0654. The summed E-state index contributed by atoms with van der Waals surface area (Å²) < 4.78 is 4.88. The minimum atomic E-state index is -0.0654. The van der Waals surface area contributed by atoms with Gasteiger partial charge in [0.2, 0.25) is 5.89 Å². The van der Waals surface area contributed by atoms with Gasteiger partial charge in [-0.3, -0.25) is 0 Å². The van der Waals surface area contributed by atoms with Crippen LogP contribution in [0.25, 0.3) is 0 Å². The molecule has 6 nitrogen and oxygen atoms in total. The molecule has 0 spiro atoms. The second kappa shape index (κ2) is 5.84. The summed E-state index contributed by atoms with van der Waals surface area (Å²) >= 11 is 0. The molecule has 1 N–H and O–H groups in total. The fraction of sp³-hybridized carbons (Fsp3) is 0.750. The summed E-state index contributed by atoms with van der Waals surface area (Å²) in [5, 5.41) is 6.82. The number of aryl methyl sites for hydroxylation is 1. The summed E-state index contributed by atoms with van der Waals surface area (Å²) in [5.41, 5.74) is 0. The van der Waals surface area contributed by atoms with E-state index in [-0.39, 0.29) is 6.03 Å². The molecule has 0 unspecified atom stereocenters. The maximum Gasteiger partial charge on any atom is 0.317 e. The zero-order valence-electron chi connectivity index (χ0n) is 11.0. The molecule has 0 atom stereocenters. The molecule has 6 heteroatoms. The van der Waals surface area contributed by atoms with Crippen molar-refractivity contribution in [1.29, 1.82) is 0 Å². The van der Waals surface area contributed by atoms with Crippen LogP contribution in [0.2, 0.25) is 0 Å². The van der Waals surface area contributed by atoms with Crippen molar-refractivity contribution in [2.24, 2.45) is 0 Å². The van der Waals surface area contributed by atoms with Crippen LogP contribution in [0, 0.1) is 6.92 Å². The van der Waals surface area contributed by atoms with Crippen LogP contribution in [-0.4, -0.2) is 34.2 Å². The van der Waals surface area contributed by atoms with Crippen molar-refractivity contribution in [3.05, 3.63) is 11.7 Å². The Labute approximate surface area is 107 Å². The Morgan fingerprint density at radius 1 is 1.44 bits per heavy atom. The van der Waals surface area contributed by atoms with Crippen molar-refractivity contribution < 1.29 is 9.32 Å². The molecule has 1 aliphatic carbocycles. The summed E-state index contributed by atoms with van der Waals surface area (Å²) in [7, 11) is 1.74. The zero-order chi connectivity index (χ0) is 13.0. The van der Waals surface area contributed by atoms with Crippen LogP contribution in [0.3, 0.4) is 0 Å².